The van der Waals surface area contributed by atoms with Crippen molar-refractivity contribution in [3.8, 4) is 0 Å². The molecular formula is C23H24ClNO5S. The van der Waals surface area contributed by atoms with Crippen LogP contribution in [0.1, 0.15) is 58.3 Å². The minimum Gasteiger partial charge on any atom is -0.481 e. The monoisotopic (exact) mass is 467 g/mol. The molecule has 1 heterocycles. The number of carboxylic acid groups (broad SMARTS) is 1. The van der Waals surface area contributed by atoms with Crippen molar-refractivity contribution in [1.82, 2.24) is 4.57 Å². The van der Waals surface area contributed by atoms with Gasteiger partial charge in [0, 0.05) is 44.4 Å². The number of fused-ring (bicyclic) bond motifs is 3. The van der Waals surface area contributed by atoms with Gasteiger partial charge in [0.05, 0.1) is 22.9 Å². The van der Waals surface area contributed by atoms with E-state index in [1.54, 1.807) is 12.1 Å². The van der Waals surface area contributed by atoms with E-state index < -0.39 is 28.1 Å². The van der Waals surface area contributed by atoms with Gasteiger partial charge >= 0.3 is 5.97 Å². The zero-order chi connectivity index (χ0) is 25.0. The van der Waals surface area contributed by atoms with E-state index in [0.717, 1.165) is 16.8 Å². The molecule has 0 bridgehead atoms. The van der Waals surface area contributed by atoms with Crippen LogP contribution in [0.15, 0.2) is 41.3 Å². The summed E-state index contributed by atoms with van der Waals surface area (Å²) in [7, 11) is -4.66. The van der Waals surface area contributed by atoms with Gasteiger partial charge in [-0.1, -0.05) is 23.7 Å². The Morgan fingerprint density at radius 3 is 2.65 bits per heavy atom. The molecule has 0 radical (unpaired) electrons. The van der Waals surface area contributed by atoms with Crippen LogP contribution in [0.3, 0.4) is 0 Å². The molecule has 1 aliphatic rings. The number of benzene rings is 2. The molecule has 2 atom stereocenters. The van der Waals surface area contributed by atoms with Crippen molar-refractivity contribution < 1.29 is 27.5 Å². The molecule has 31 heavy (non-hydrogen) atoms. The maximum atomic E-state index is 12.8. The second kappa shape index (κ2) is 7.97. The Kier molecular flexibility index (Phi) is 4.69. The summed E-state index contributed by atoms with van der Waals surface area (Å²) in [5, 5.41) is 21.1. The summed E-state index contributed by atoms with van der Waals surface area (Å²) in [6.07, 6.45) is -3.33. The van der Waals surface area contributed by atoms with Gasteiger partial charge in [-0.05, 0) is 55.2 Å². The first-order chi connectivity index (χ1) is 15.8. The van der Waals surface area contributed by atoms with E-state index in [1.807, 2.05) is 16.7 Å². The molecule has 2 N–H and O–H groups in total. The topological polar surface area (TPSA) is 96.6 Å². The van der Waals surface area contributed by atoms with E-state index in [4.69, 9.17) is 15.7 Å². The van der Waals surface area contributed by atoms with Crippen molar-refractivity contribution in [2.45, 2.75) is 49.6 Å². The summed E-state index contributed by atoms with van der Waals surface area (Å²) in [5.41, 5.74) is 3.31. The highest BCUT2D eigenvalue weighted by Crippen LogP contribution is 2.44. The highest BCUT2D eigenvalue weighted by Gasteiger charge is 2.33. The molecule has 0 saturated carbocycles. The number of hydrogen-bond acceptors (Lipinski definition) is 4. The van der Waals surface area contributed by atoms with Crippen LogP contribution in [0.2, 0.25) is 5.02 Å². The van der Waals surface area contributed by atoms with Crippen LogP contribution >= 0.6 is 11.6 Å². The third-order valence-corrected chi connectivity index (χ3v) is 6.98. The van der Waals surface area contributed by atoms with Crippen LogP contribution in [0.5, 0.6) is 0 Å². The first-order valence-electron chi connectivity index (χ1n) is 11.4. The van der Waals surface area contributed by atoms with Crippen LogP contribution < -0.4 is 0 Å². The Morgan fingerprint density at radius 2 is 2.03 bits per heavy atom. The summed E-state index contributed by atoms with van der Waals surface area (Å²) in [4.78, 5) is 11.2. The number of carbonyl (C=O) groups is 1. The molecule has 3 aromatic rings. The van der Waals surface area contributed by atoms with Gasteiger partial charge in [-0.2, -0.15) is 0 Å². The second-order valence-corrected chi connectivity index (χ2v) is 9.91. The van der Waals surface area contributed by atoms with Crippen LogP contribution in [0.25, 0.3) is 10.9 Å². The zero-order valence-electron chi connectivity index (χ0n) is 19.8. The predicted molar refractivity (Wildman–Crippen MR) is 120 cm³/mol. The number of nitrogens with zero attached hydrogens (tertiary/aromatic N) is 1. The molecule has 0 aliphatic heterocycles. The fraction of sp³-hybridized carbons (Fsp3) is 0.348. The fourth-order valence-electron chi connectivity index (χ4n) is 4.59. The first-order valence-corrected chi connectivity index (χ1v) is 11.7. The lowest BCUT2D eigenvalue weighted by molar-refractivity contribution is -0.137. The van der Waals surface area contributed by atoms with Crippen molar-refractivity contribution in [2.24, 2.45) is 0 Å². The van der Waals surface area contributed by atoms with E-state index in [-0.39, 0.29) is 22.8 Å². The molecule has 2 aromatic carbocycles. The van der Waals surface area contributed by atoms with Gasteiger partial charge in [0.25, 0.3) is 0 Å². The molecule has 0 spiro atoms. The summed E-state index contributed by atoms with van der Waals surface area (Å²) in [5.74, 6) is -1.24. The van der Waals surface area contributed by atoms with Crippen LogP contribution in [0.4, 0.5) is 0 Å². The molecule has 0 saturated heterocycles. The van der Waals surface area contributed by atoms with Crippen molar-refractivity contribution in [2.75, 3.05) is 6.18 Å². The standard InChI is InChI=1S/C23H24ClNO5S/c1-13(26)19-10-17(31(2,29)30)11-20-18-8-5-15(9-21(27)28)22(18)25(23(19)20)12-14-3-6-16(24)7-4-14/h3-4,6-7,10-11,13,15,26H,5,8-9,12H2,1-2H3,(H,27,28)/t13?,15-/m1/s1/i2T3. The van der Waals surface area contributed by atoms with E-state index in [2.05, 4.69) is 0 Å². The van der Waals surface area contributed by atoms with Crippen molar-refractivity contribution in [1.29, 1.82) is 0 Å². The molecule has 1 unspecified atom stereocenters. The molecule has 8 heteroatoms. The van der Waals surface area contributed by atoms with Crippen LogP contribution in [0, 0.1) is 0 Å². The maximum Gasteiger partial charge on any atom is 0.304 e. The molecule has 1 aliphatic carbocycles. The average Bonchev–Trinajstić information content (AvgIpc) is 3.27. The quantitative estimate of drug-likeness (QED) is 0.563. The molecule has 6 nitrogen and oxygen atoms in total. The highest BCUT2D eigenvalue weighted by molar-refractivity contribution is 7.90. The third kappa shape index (κ3) is 4.10. The lowest BCUT2D eigenvalue weighted by atomic mass is 10.0. The number of aliphatic hydroxyl groups is 1. The molecule has 4 rings (SSSR count). The van der Waals surface area contributed by atoms with Gasteiger partial charge in [0.15, 0.2) is 9.84 Å². The van der Waals surface area contributed by atoms with Crippen LogP contribution in [-0.2, 0) is 27.6 Å². The fourth-order valence-corrected chi connectivity index (χ4v) is 5.27. The number of aliphatic carboxylic acids is 1. The number of hydrogen-bond donors (Lipinski definition) is 2. The Labute approximate surface area is 190 Å². The minimum absolute atomic E-state index is 0.0889. The van der Waals surface area contributed by atoms with Crippen molar-refractivity contribution in [3.63, 3.8) is 0 Å². The number of carboxylic acids is 1. The highest BCUT2D eigenvalue weighted by atomic mass is 35.5. The van der Waals surface area contributed by atoms with Gasteiger partial charge in [-0.15, -0.1) is 0 Å². The first kappa shape index (κ1) is 18.2. The molecule has 0 amide bonds. The second-order valence-electron chi connectivity index (χ2n) is 8.00. The largest absolute Gasteiger partial charge is 0.481 e. The van der Waals surface area contributed by atoms with Gasteiger partial charge < -0.3 is 14.8 Å². The van der Waals surface area contributed by atoms with E-state index >= 15 is 0 Å². The number of aryl methyl sites for hydroxylation is 1. The molecular weight excluding hydrogens is 438 g/mol. The Morgan fingerprint density at radius 1 is 1.32 bits per heavy atom. The number of sulfone groups is 1. The lowest BCUT2D eigenvalue weighted by Gasteiger charge is -2.18. The zero-order valence-corrected chi connectivity index (χ0v) is 18.4. The summed E-state index contributed by atoms with van der Waals surface area (Å²) in [6.45, 7) is 1.84. The molecule has 1 aromatic heterocycles. The average molecular weight is 468 g/mol. The molecule has 0 fully saturated rings. The summed E-state index contributed by atoms with van der Waals surface area (Å²) in [6, 6.07) is 9.74. The van der Waals surface area contributed by atoms with Gasteiger partial charge in [-0.25, -0.2) is 8.42 Å². The van der Waals surface area contributed by atoms with E-state index in [9.17, 15) is 23.4 Å². The number of halogens is 1. The third-order valence-electron chi connectivity index (χ3n) is 5.87. The lowest BCUT2D eigenvalue weighted by Crippen LogP contribution is -2.12. The van der Waals surface area contributed by atoms with Gasteiger partial charge in [0.1, 0.15) is 0 Å². The number of rotatable bonds is 6. The number of aliphatic hydroxyl groups excluding tert-OH is 1. The van der Waals surface area contributed by atoms with Crippen molar-refractivity contribution >= 4 is 38.3 Å². The minimum atomic E-state index is -4.66. The summed E-state index contributed by atoms with van der Waals surface area (Å²) < 4.78 is 50.0. The number of aromatic nitrogens is 1. The SMILES string of the molecule is [3H]C([3H])([3H])S(=O)(=O)c1cc(C(C)O)c2c(c1)c1c(n2Cc2ccc(Cl)cc2)[C@@H](CC(=O)O)CC1. The Hall–Kier alpha value is -2.35. The van der Waals surface area contributed by atoms with Crippen LogP contribution in [-0.4, -0.2) is 35.4 Å². The predicted octanol–water partition coefficient (Wildman–Crippen LogP) is 4.30. The maximum absolute atomic E-state index is 12.8. The van der Waals surface area contributed by atoms with Gasteiger partial charge in [-0.3, -0.25) is 4.79 Å². The van der Waals surface area contributed by atoms with E-state index in [1.165, 1.54) is 19.1 Å². The molecule has 164 valence electrons. The van der Waals surface area contributed by atoms with E-state index in [0.29, 0.717) is 35.3 Å². The van der Waals surface area contributed by atoms with Crippen molar-refractivity contribution in [3.05, 3.63) is 63.8 Å². The Bertz CT molecular complexity index is 1380. The summed E-state index contributed by atoms with van der Waals surface area (Å²) >= 11 is 6.02. The smallest absolute Gasteiger partial charge is 0.304 e. The Balaban J connectivity index is 2.04. The normalized spacial score (nSPS) is 18.9. The van der Waals surface area contributed by atoms with Gasteiger partial charge in [0.2, 0.25) is 0 Å².